The van der Waals surface area contributed by atoms with Crippen molar-refractivity contribution in [3.05, 3.63) is 39.8 Å². The van der Waals surface area contributed by atoms with E-state index in [0.717, 1.165) is 43.4 Å². The molecule has 0 amide bonds. The van der Waals surface area contributed by atoms with E-state index in [0.29, 0.717) is 27.6 Å². The first-order chi connectivity index (χ1) is 13.0. The number of benzene rings is 1. The first-order valence-electron chi connectivity index (χ1n) is 10.3. The van der Waals surface area contributed by atoms with E-state index >= 15 is 0 Å². The number of aromatic amines is 1. The average Bonchev–Trinajstić information content (AvgIpc) is 2.62. The maximum absolute atomic E-state index is 11.9. The van der Waals surface area contributed by atoms with Crippen molar-refractivity contribution in [2.45, 2.75) is 70.4 Å². The largest absolute Gasteiger partial charge is 0.489 e. The molecule has 146 valence electrons. The van der Waals surface area contributed by atoms with Gasteiger partial charge in [0.1, 0.15) is 5.75 Å². The van der Waals surface area contributed by atoms with E-state index in [-0.39, 0.29) is 11.7 Å². The fraction of sp³-hybridized carbons (Fsp3) is 0.591. The van der Waals surface area contributed by atoms with E-state index in [2.05, 4.69) is 11.9 Å². The molecule has 1 heterocycles. The summed E-state index contributed by atoms with van der Waals surface area (Å²) in [6.45, 7) is 2.21. The van der Waals surface area contributed by atoms with E-state index in [4.69, 9.17) is 22.1 Å². The molecular formula is C22H29ClN2O2. The van der Waals surface area contributed by atoms with Gasteiger partial charge in [-0.3, -0.25) is 4.79 Å². The Hall–Kier alpha value is -1.52. The number of rotatable bonds is 5. The monoisotopic (exact) mass is 388 g/mol. The summed E-state index contributed by atoms with van der Waals surface area (Å²) in [5.74, 6) is 1.47. The summed E-state index contributed by atoms with van der Waals surface area (Å²) in [5.41, 5.74) is 6.77. The van der Waals surface area contributed by atoms with Crippen molar-refractivity contribution in [3.8, 4) is 5.75 Å². The quantitative estimate of drug-likeness (QED) is 0.754. The van der Waals surface area contributed by atoms with Crippen LogP contribution in [0.15, 0.2) is 29.2 Å². The number of H-pyrrole nitrogens is 1. The first kappa shape index (κ1) is 18.8. The Morgan fingerprint density at radius 1 is 1.30 bits per heavy atom. The molecule has 2 fully saturated rings. The molecule has 0 aliphatic heterocycles. The molecule has 0 bridgehead atoms. The topological polar surface area (TPSA) is 68.1 Å². The summed E-state index contributed by atoms with van der Waals surface area (Å²) in [6.07, 6.45) is 11.2. The Labute approximate surface area is 165 Å². The number of ether oxygens (including phenoxy) is 1. The molecule has 5 heteroatoms. The Morgan fingerprint density at radius 3 is 2.67 bits per heavy atom. The zero-order valence-corrected chi connectivity index (χ0v) is 16.7. The smallest absolute Gasteiger partial charge is 0.255 e. The van der Waals surface area contributed by atoms with Gasteiger partial charge in [0.05, 0.1) is 11.1 Å². The number of pyridine rings is 1. The summed E-state index contributed by atoms with van der Waals surface area (Å²) in [5, 5.41) is 1.95. The number of aromatic nitrogens is 1. The van der Waals surface area contributed by atoms with Crippen LogP contribution in [0.2, 0.25) is 5.02 Å². The highest BCUT2D eigenvalue weighted by atomic mass is 35.5. The Kier molecular flexibility index (Phi) is 5.21. The summed E-state index contributed by atoms with van der Waals surface area (Å²) >= 11 is 6.41. The van der Waals surface area contributed by atoms with Gasteiger partial charge in [-0.25, -0.2) is 0 Å². The molecule has 1 unspecified atom stereocenters. The predicted molar refractivity (Wildman–Crippen MR) is 111 cm³/mol. The van der Waals surface area contributed by atoms with E-state index < -0.39 is 0 Å². The van der Waals surface area contributed by atoms with E-state index in [1.54, 1.807) is 12.3 Å². The molecule has 2 aliphatic rings. The van der Waals surface area contributed by atoms with Crippen LogP contribution in [0.4, 0.5) is 0 Å². The van der Waals surface area contributed by atoms with Crippen LogP contribution < -0.4 is 16.0 Å². The Morgan fingerprint density at radius 2 is 2.04 bits per heavy atom. The van der Waals surface area contributed by atoms with Gasteiger partial charge in [-0.15, -0.1) is 0 Å². The fourth-order valence-electron chi connectivity index (χ4n) is 5.18. The summed E-state index contributed by atoms with van der Waals surface area (Å²) < 4.78 is 6.29. The van der Waals surface area contributed by atoms with Gasteiger partial charge < -0.3 is 15.5 Å². The van der Waals surface area contributed by atoms with E-state index in [9.17, 15) is 4.79 Å². The second-order valence-electron chi connectivity index (χ2n) is 8.37. The van der Waals surface area contributed by atoms with Crippen molar-refractivity contribution in [1.82, 2.24) is 4.98 Å². The zero-order valence-electron chi connectivity index (χ0n) is 16.0. The molecule has 2 saturated carbocycles. The second kappa shape index (κ2) is 7.48. The molecule has 0 saturated heterocycles. The molecule has 3 N–H and O–H groups in total. The van der Waals surface area contributed by atoms with Crippen molar-refractivity contribution < 1.29 is 4.74 Å². The molecule has 2 aliphatic carbocycles. The SMILES string of the molecule is CCC(N)C1(C2CCC2)CCC(Oc2cc3cc[nH]c(=O)c3cc2Cl)CC1. The number of hydrogen-bond donors (Lipinski definition) is 2. The lowest BCUT2D eigenvalue weighted by Gasteiger charge is -2.52. The first-order valence-corrected chi connectivity index (χ1v) is 10.6. The third kappa shape index (κ3) is 3.38. The third-order valence-electron chi connectivity index (χ3n) is 7.08. The minimum atomic E-state index is -0.127. The molecule has 1 aromatic carbocycles. The van der Waals surface area contributed by atoms with Crippen LogP contribution in [0.3, 0.4) is 0 Å². The lowest BCUT2D eigenvalue weighted by Crippen LogP contribution is -2.51. The number of hydrogen-bond acceptors (Lipinski definition) is 3. The van der Waals surface area contributed by atoms with Gasteiger partial charge in [-0.05, 0) is 79.9 Å². The number of fused-ring (bicyclic) bond motifs is 1. The Bertz CT molecular complexity index is 859. The summed E-state index contributed by atoms with van der Waals surface area (Å²) in [4.78, 5) is 14.6. The average molecular weight is 389 g/mol. The van der Waals surface area contributed by atoms with Gasteiger partial charge in [0.25, 0.3) is 5.56 Å². The van der Waals surface area contributed by atoms with Gasteiger partial charge in [-0.2, -0.15) is 0 Å². The standard InChI is InChI=1S/C22H29ClN2O2/c1-2-20(24)22(15-4-3-5-15)9-6-16(7-10-22)27-19-12-14-8-11-25-21(26)17(14)13-18(19)23/h8,11-13,15-16,20H,2-7,9-10,24H2,1H3,(H,25,26). The Balaban J connectivity index is 1.50. The summed E-state index contributed by atoms with van der Waals surface area (Å²) in [6, 6.07) is 5.76. The molecule has 1 atom stereocenters. The fourth-order valence-corrected chi connectivity index (χ4v) is 5.38. The molecular weight excluding hydrogens is 360 g/mol. The van der Waals surface area contributed by atoms with Crippen molar-refractivity contribution in [2.24, 2.45) is 17.1 Å². The van der Waals surface area contributed by atoms with Gasteiger partial charge in [-0.1, -0.05) is 24.9 Å². The van der Waals surface area contributed by atoms with Gasteiger partial charge in [0.2, 0.25) is 0 Å². The number of nitrogens with one attached hydrogen (secondary N) is 1. The highest BCUT2D eigenvalue weighted by Gasteiger charge is 2.47. The number of nitrogens with two attached hydrogens (primary N) is 1. The summed E-state index contributed by atoms with van der Waals surface area (Å²) in [7, 11) is 0. The lowest BCUT2D eigenvalue weighted by molar-refractivity contribution is -0.0175. The highest BCUT2D eigenvalue weighted by Crippen LogP contribution is 2.53. The molecule has 4 nitrogen and oxygen atoms in total. The van der Waals surface area contributed by atoms with Gasteiger partial charge in [0, 0.05) is 17.6 Å². The van der Waals surface area contributed by atoms with E-state index in [1.807, 2.05) is 12.1 Å². The lowest BCUT2D eigenvalue weighted by atomic mass is 9.55. The van der Waals surface area contributed by atoms with Crippen LogP contribution in [0.1, 0.15) is 58.3 Å². The minimum Gasteiger partial charge on any atom is -0.489 e. The number of halogens is 1. The van der Waals surface area contributed by atoms with Gasteiger partial charge >= 0.3 is 0 Å². The van der Waals surface area contributed by atoms with Crippen LogP contribution in [-0.4, -0.2) is 17.1 Å². The maximum atomic E-state index is 11.9. The zero-order chi connectivity index (χ0) is 19.0. The highest BCUT2D eigenvalue weighted by molar-refractivity contribution is 6.32. The second-order valence-corrected chi connectivity index (χ2v) is 8.78. The maximum Gasteiger partial charge on any atom is 0.255 e. The van der Waals surface area contributed by atoms with Crippen molar-refractivity contribution in [2.75, 3.05) is 0 Å². The van der Waals surface area contributed by atoms with Gasteiger partial charge in [0.15, 0.2) is 0 Å². The van der Waals surface area contributed by atoms with Crippen molar-refractivity contribution in [1.29, 1.82) is 0 Å². The molecule has 1 aromatic heterocycles. The molecule has 2 aromatic rings. The minimum absolute atomic E-state index is 0.127. The van der Waals surface area contributed by atoms with Crippen LogP contribution in [0.5, 0.6) is 5.75 Å². The molecule has 4 rings (SSSR count). The van der Waals surface area contributed by atoms with Crippen LogP contribution >= 0.6 is 11.6 Å². The predicted octanol–water partition coefficient (Wildman–Crippen LogP) is 5.03. The normalized spacial score (nSPS) is 27.3. The van der Waals surface area contributed by atoms with Crippen molar-refractivity contribution in [3.63, 3.8) is 0 Å². The molecule has 0 spiro atoms. The van der Waals surface area contributed by atoms with Crippen molar-refractivity contribution >= 4 is 22.4 Å². The van der Waals surface area contributed by atoms with E-state index in [1.165, 1.54) is 19.3 Å². The van der Waals surface area contributed by atoms with Crippen LogP contribution in [0, 0.1) is 11.3 Å². The van der Waals surface area contributed by atoms with Crippen LogP contribution in [0.25, 0.3) is 10.8 Å². The molecule has 0 radical (unpaired) electrons. The third-order valence-corrected chi connectivity index (χ3v) is 7.38. The van der Waals surface area contributed by atoms with Crippen LogP contribution in [-0.2, 0) is 0 Å². The molecule has 27 heavy (non-hydrogen) atoms.